The molecule has 1 saturated heterocycles. The van der Waals surface area contributed by atoms with E-state index in [9.17, 15) is 4.79 Å². The van der Waals surface area contributed by atoms with Crippen molar-refractivity contribution in [3.8, 4) is 0 Å². The molecule has 1 aliphatic rings. The van der Waals surface area contributed by atoms with E-state index >= 15 is 0 Å². The quantitative estimate of drug-likeness (QED) is 0.719. The predicted octanol–water partition coefficient (Wildman–Crippen LogP) is 0.708. The topological polar surface area (TPSA) is 51.0 Å². The summed E-state index contributed by atoms with van der Waals surface area (Å²) in [6.07, 6.45) is 4.30. The molecule has 1 unspecified atom stereocenters. The Morgan fingerprint density at radius 2 is 2.07 bits per heavy atom. The summed E-state index contributed by atoms with van der Waals surface area (Å²) in [5.74, 6) is 0.305. The Balaban J connectivity index is 1.98. The van der Waals surface area contributed by atoms with Gasteiger partial charge in [0.25, 0.3) is 0 Å². The average molecular weight is 208 g/mol. The lowest BCUT2D eigenvalue weighted by Crippen LogP contribution is -2.32. The highest BCUT2D eigenvalue weighted by Gasteiger charge is 2.29. The second-order valence-corrected chi connectivity index (χ2v) is 4.23. The summed E-state index contributed by atoms with van der Waals surface area (Å²) in [6.45, 7) is 5.43. The van der Waals surface area contributed by atoms with E-state index in [1.165, 1.54) is 0 Å². The fourth-order valence-electron chi connectivity index (χ4n) is 1.91. The van der Waals surface area contributed by atoms with E-state index in [0.29, 0.717) is 0 Å². The van der Waals surface area contributed by atoms with E-state index in [1.54, 1.807) is 17.2 Å². The van der Waals surface area contributed by atoms with Crippen LogP contribution in [0.15, 0.2) is 12.4 Å². The van der Waals surface area contributed by atoms with Crippen LogP contribution in [0, 0.1) is 5.92 Å². The van der Waals surface area contributed by atoms with E-state index in [0.717, 1.165) is 19.5 Å². The molecule has 1 fully saturated rings. The molecule has 15 heavy (non-hydrogen) atoms. The summed E-state index contributed by atoms with van der Waals surface area (Å²) in [5.41, 5.74) is 0. The monoisotopic (exact) mass is 208 g/mol. The van der Waals surface area contributed by atoms with Crippen molar-refractivity contribution in [2.24, 2.45) is 5.92 Å². The van der Waals surface area contributed by atoms with Gasteiger partial charge in [0.1, 0.15) is 0 Å². The Labute approximate surface area is 89.1 Å². The first-order valence-electron chi connectivity index (χ1n) is 5.33. The molecule has 1 aromatic heterocycles. The van der Waals surface area contributed by atoms with Gasteiger partial charge in [-0.15, -0.1) is 0 Å². The van der Waals surface area contributed by atoms with Crippen molar-refractivity contribution in [2.45, 2.75) is 26.3 Å². The van der Waals surface area contributed by atoms with Crippen molar-refractivity contribution >= 4 is 5.91 Å². The maximum Gasteiger partial charge on any atom is 0.225 e. The van der Waals surface area contributed by atoms with Crippen LogP contribution in [-0.4, -0.2) is 38.9 Å². The highest BCUT2D eigenvalue weighted by Crippen LogP contribution is 2.20. The summed E-state index contributed by atoms with van der Waals surface area (Å²) in [4.78, 5) is 15.3. The van der Waals surface area contributed by atoms with Crippen LogP contribution >= 0.6 is 0 Å². The van der Waals surface area contributed by atoms with Gasteiger partial charge >= 0.3 is 0 Å². The molecular formula is C10H16N4O. The normalized spacial score (nSPS) is 21.3. The van der Waals surface area contributed by atoms with Crippen molar-refractivity contribution in [3.63, 3.8) is 0 Å². The lowest BCUT2D eigenvalue weighted by atomic mass is 10.2. The molecule has 2 rings (SSSR count). The number of hydrogen-bond acceptors (Lipinski definition) is 3. The Morgan fingerprint density at radius 3 is 2.67 bits per heavy atom. The fraction of sp³-hybridized carbons (Fsp3) is 0.700. The third-order valence-electron chi connectivity index (χ3n) is 2.73. The zero-order chi connectivity index (χ0) is 10.8. The molecule has 1 amide bonds. The van der Waals surface area contributed by atoms with Gasteiger partial charge in [0.2, 0.25) is 5.91 Å². The van der Waals surface area contributed by atoms with E-state index in [4.69, 9.17) is 0 Å². The molecule has 0 bridgehead atoms. The van der Waals surface area contributed by atoms with E-state index in [1.807, 2.05) is 18.7 Å². The molecule has 0 saturated carbocycles. The van der Waals surface area contributed by atoms with Gasteiger partial charge in [0, 0.05) is 19.0 Å². The Hall–Kier alpha value is -1.39. The van der Waals surface area contributed by atoms with Gasteiger partial charge in [-0.1, -0.05) is 13.8 Å². The summed E-state index contributed by atoms with van der Waals surface area (Å²) >= 11 is 0. The minimum atomic E-state index is 0.0781. The van der Waals surface area contributed by atoms with Gasteiger partial charge in [-0.2, -0.15) is 15.0 Å². The number of amides is 1. The number of likely N-dealkylation sites (tertiary alicyclic amines) is 1. The van der Waals surface area contributed by atoms with Gasteiger partial charge in [-0.25, -0.2) is 0 Å². The van der Waals surface area contributed by atoms with Crippen molar-refractivity contribution in [1.29, 1.82) is 0 Å². The summed E-state index contributed by atoms with van der Waals surface area (Å²) in [5, 5.41) is 8.21. The molecule has 82 valence electrons. The number of aromatic nitrogens is 3. The first-order chi connectivity index (χ1) is 7.18. The average Bonchev–Trinajstić information content (AvgIpc) is 2.86. The van der Waals surface area contributed by atoms with Crippen molar-refractivity contribution in [3.05, 3.63) is 12.4 Å². The van der Waals surface area contributed by atoms with E-state index in [2.05, 4.69) is 10.2 Å². The summed E-state index contributed by atoms with van der Waals surface area (Å²) < 4.78 is 0. The minimum absolute atomic E-state index is 0.0781. The zero-order valence-electron chi connectivity index (χ0n) is 9.13. The number of carbonyl (C=O) groups is 1. The highest BCUT2D eigenvalue weighted by atomic mass is 16.2. The first kappa shape index (κ1) is 10.1. The van der Waals surface area contributed by atoms with Gasteiger partial charge in [-0.3, -0.25) is 4.79 Å². The Bertz CT molecular complexity index is 333. The van der Waals surface area contributed by atoms with Gasteiger partial charge in [0.15, 0.2) is 0 Å². The third-order valence-corrected chi connectivity index (χ3v) is 2.73. The predicted molar refractivity (Wildman–Crippen MR) is 55.1 cm³/mol. The second kappa shape index (κ2) is 4.00. The molecule has 1 atom stereocenters. The third kappa shape index (κ3) is 2.00. The Kier molecular flexibility index (Phi) is 2.70. The number of nitrogens with zero attached hydrogens (tertiary/aromatic N) is 4. The van der Waals surface area contributed by atoms with Crippen LogP contribution in [0.3, 0.4) is 0 Å². The summed E-state index contributed by atoms with van der Waals surface area (Å²) in [6, 6.07) is 0.252. The fourth-order valence-corrected chi connectivity index (χ4v) is 1.91. The molecule has 5 heteroatoms. The van der Waals surface area contributed by atoms with Crippen LogP contribution in [0.4, 0.5) is 0 Å². The molecular weight excluding hydrogens is 192 g/mol. The smallest absolute Gasteiger partial charge is 0.225 e. The van der Waals surface area contributed by atoms with E-state index in [-0.39, 0.29) is 17.9 Å². The van der Waals surface area contributed by atoms with Gasteiger partial charge < -0.3 is 4.90 Å². The van der Waals surface area contributed by atoms with Crippen molar-refractivity contribution < 1.29 is 4.79 Å². The van der Waals surface area contributed by atoms with Gasteiger partial charge in [0.05, 0.1) is 18.4 Å². The largest absolute Gasteiger partial charge is 0.340 e. The van der Waals surface area contributed by atoms with Crippen LogP contribution in [0.1, 0.15) is 26.3 Å². The number of hydrogen-bond donors (Lipinski definition) is 0. The molecule has 1 aromatic rings. The van der Waals surface area contributed by atoms with Crippen LogP contribution in [0.25, 0.3) is 0 Å². The van der Waals surface area contributed by atoms with Crippen molar-refractivity contribution in [1.82, 2.24) is 19.9 Å². The van der Waals surface area contributed by atoms with Gasteiger partial charge in [-0.05, 0) is 6.42 Å². The zero-order valence-corrected chi connectivity index (χ0v) is 9.13. The first-order valence-corrected chi connectivity index (χ1v) is 5.33. The number of rotatable bonds is 2. The SMILES string of the molecule is CC(C)C(=O)N1CCC(n2nccn2)C1. The standard InChI is InChI=1S/C10H16N4O/c1-8(2)10(15)13-6-3-9(7-13)14-11-4-5-12-14/h4-5,8-9H,3,6-7H2,1-2H3. The van der Waals surface area contributed by atoms with E-state index < -0.39 is 0 Å². The molecule has 0 radical (unpaired) electrons. The molecule has 0 spiro atoms. The maximum absolute atomic E-state index is 11.7. The van der Waals surface area contributed by atoms with Crippen LogP contribution in [-0.2, 0) is 4.79 Å². The highest BCUT2D eigenvalue weighted by molar-refractivity contribution is 5.78. The van der Waals surface area contributed by atoms with Crippen LogP contribution < -0.4 is 0 Å². The molecule has 0 aliphatic carbocycles. The maximum atomic E-state index is 11.7. The summed E-state index contributed by atoms with van der Waals surface area (Å²) in [7, 11) is 0. The molecule has 0 N–H and O–H groups in total. The van der Waals surface area contributed by atoms with Crippen LogP contribution in [0.2, 0.25) is 0 Å². The van der Waals surface area contributed by atoms with Crippen LogP contribution in [0.5, 0.6) is 0 Å². The molecule has 2 heterocycles. The minimum Gasteiger partial charge on any atom is -0.340 e. The molecule has 1 aliphatic heterocycles. The number of carbonyl (C=O) groups excluding carboxylic acids is 1. The molecule has 0 aromatic carbocycles. The lowest BCUT2D eigenvalue weighted by Gasteiger charge is -2.18. The Morgan fingerprint density at radius 1 is 1.40 bits per heavy atom. The van der Waals surface area contributed by atoms with Crippen molar-refractivity contribution in [2.75, 3.05) is 13.1 Å². The lowest BCUT2D eigenvalue weighted by molar-refractivity contribution is -0.133. The second-order valence-electron chi connectivity index (χ2n) is 4.23. The molecule has 5 nitrogen and oxygen atoms in total.